The van der Waals surface area contributed by atoms with Crippen LogP contribution in [0, 0.1) is 28.8 Å². The molecule has 3 nitrogen and oxygen atoms in total. The van der Waals surface area contributed by atoms with Crippen molar-refractivity contribution in [3.8, 4) is 6.07 Å². The Morgan fingerprint density at radius 1 is 1.06 bits per heavy atom. The van der Waals surface area contributed by atoms with Gasteiger partial charge in [0.15, 0.2) is 11.6 Å². The Morgan fingerprint density at radius 3 is 2.50 bits per heavy atom. The number of pyridine rings is 1. The quantitative estimate of drug-likeness (QED) is 0.832. The Kier molecular flexibility index (Phi) is 3.15. The van der Waals surface area contributed by atoms with Gasteiger partial charge in [0.05, 0.1) is 23.1 Å². The molecule has 1 heterocycles. The summed E-state index contributed by atoms with van der Waals surface area (Å²) in [6.07, 6.45) is 2.69. The van der Waals surface area contributed by atoms with E-state index in [-0.39, 0.29) is 16.9 Å². The Labute approximate surface area is 101 Å². The monoisotopic (exact) mass is 249 g/mol. The molecule has 90 valence electrons. The van der Waals surface area contributed by atoms with Crippen LogP contribution in [0.3, 0.4) is 0 Å². The van der Waals surface area contributed by atoms with Gasteiger partial charge >= 0.3 is 0 Å². The summed E-state index contributed by atoms with van der Waals surface area (Å²) in [6.45, 7) is 0. The molecule has 0 aliphatic heterocycles. The molecule has 0 aliphatic rings. The molecule has 2 aromatic rings. The molecule has 0 fully saturated rings. The first kappa shape index (κ1) is 11.9. The van der Waals surface area contributed by atoms with E-state index in [1.165, 1.54) is 18.5 Å². The summed E-state index contributed by atoms with van der Waals surface area (Å²) in [4.78, 5) is 3.76. The lowest BCUT2D eigenvalue weighted by molar-refractivity contribution is 0.496. The molecule has 0 spiro atoms. The van der Waals surface area contributed by atoms with Crippen LogP contribution in [0.25, 0.3) is 0 Å². The van der Waals surface area contributed by atoms with E-state index >= 15 is 0 Å². The lowest BCUT2D eigenvalue weighted by Gasteiger charge is -2.08. The van der Waals surface area contributed by atoms with Crippen molar-refractivity contribution in [2.75, 3.05) is 5.32 Å². The Balaban J connectivity index is 2.41. The fourth-order valence-corrected chi connectivity index (χ4v) is 1.36. The second-order valence-electron chi connectivity index (χ2n) is 3.40. The van der Waals surface area contributed by atoms with Crippen molar-refractivity contribution in [1.29, 1.82) is 5.26 Å². The highest BCUT2D eigenvalue weighted by Gasteiger charge is 2.11. The molecule has 18 heavy (non-hydrogen) atoms. The number of anilines is 2. The van der Waals surface area contributed by atoms with Crippen molar-refractivity contribution in [2.24, 2.45) is 0 Å². The van der Waals surface area contributed by atoms with Crippen LogP contribution in [0.4, 0.5) is 24.5 Å². The SMILES string of the molecule is N#Cc1ccncc1Nc1cc(F)c(F)cc1F. The second-order valence-corrected chi connectivity index (χ2v) is 3.40. The highest BCUT2D eigenvalue weighted by molar-refractivity contribution is 5.65. The zero-order valence-corrected chi connectivity index (χ0v) is 8.92. The van der Waals surface area contributed by atoms with Crippen LogP contribution in [0.1, 0.15) is 5.56 Å². The van der Waals surface area contributed by atoms with Crippen LogP contribution in [-0.2, 0) is 0 Å². The number of hydrogen-bond acceptors (Lipinski definition) is 3. The molecular formula is C12H6F3N3. The van der Waals surface area contributed by atoms with E-state index in [0.29, 0.717) is 12.1 Å². The predicted octanol–water partition coefficient (Wildman–Crippen LogP) is 3.11. The van der Waals surface area contributed by atoms with Gasteiger partial charge in [-0.2, -0.15) is 5.26 Å². The number of nitrogens with zero attached hydrogens (tertiary/aromatic N) is 2. The van der Waals surface area contributed by atoms with E-state index in [2.05, 4.69) is 10.3 Å². The molecule has 0 amide bonds. The van der Waals surface area contributed by atoms with Crippen LogP contribution in [0.5, 0.6) is 0 Å². The number of aromatic nitrogens is 1. The van der Waals surface area contributed by atoms with Gasteiger partial charge in [0.1, 0.15) is 11.9 Å². The minimum Gasteiger partial charge on any atom is -0.351 e. The lowest BCUT2D eigenvalue weighted by atomic mass is 10.2. The van der Waals surface area contributed by atoms with E-state index < -0.39 is 17.5 Å². The zero-order chi connectivity index (χ0) is 13.1. The van der Waals surface area contributed by atoms with Crippen LogP contribution < -0.4 is 5.32 Å². The first-order valence-electron chi connectivity index (χ1n) is 4.87. The molecule has 0 saturated carbocycles. The van der Waals surface area contributed by atoms with Crippen molar-refractivity contribution in [3.05, 3.63) is 53.6 Å². The smallest absolute Gasteiger partial charge is 0.161 e. The number of benzene rings is 1. The third-order valence-electron chi connectivity index (χ3n) is 2.22. The Hall–Kier alpha value is -2.55. The first-order valence-corrected chi connectivity index (χ1v) is 4.87. The van der Waals surface area contributed by atoms with Crippen LogP contribution in [0.15, 0.2) is 30.6 Å². The van der Waals surface area contributed by atoms with Gasteiger partial charge in [-0.25, -0.2) is 13.2 Å². The summed E-state index contributed by atoms with van der Waals surface area (Å²) in [5, 5.41) is 11.3. The van der Waals surface area contributed by atoms with Crippen LogP contribution >= 0.6 is 0 Å². The van der Waals surface area contributed by atoms with E-state index in [1.807, 2.05) is 6.07 Å². The molecule has 0 aliphatic carbocycles. The van der Waals surface area contributed by atoms with E-state index in [9.17, 15) is 13.2 Å². The molecule has 1 N–H and O–H groups in total. The van der Waals surface area contributed by atoms with Crippen molar-refractivity contribution < 1.29 is 13.2 Å². The molecule has 0 unspecified atom stereocenters. The third kappa shape index (κ3) is 2.25. The third-order valence-corrected chi connectivity index (χ3v) is 2.22. The largest absolute Gasteiger partial charge is 0.351 e. The number of nitriles is 1. The molecule has 1 aromatic carbocycles. The number of rotatable bonds is 2. The van der Waals surface area contributed by atoms with Crippen molar-refractivity contribution >= 4 is 11.4 Å². The second kappa shape index (κ2) is 4.75. The molecule has 2 rings (SSSR count). The fourth-order valence-electron chi connectivity index (χ4n) is 1.36. The summed E-state index contributed by atoms with van der Waals surface area (Å²) in [7, 11) is 0. The molecule has 0 radical (unpaired) electrons. The number of nitrogens with one attached hydrogen (secondary N) is 1. The van der Waals surface area contributed by atoms with Gasteiger partial charge in [0.2, 0.25) is 0 Å². The summed E-state index contributed by atoms with van der Waals surface area (Å²) in [5.74, 6) is -3.41. The predicted molar refractivity (Wildman–Crippen MR) is 58.6 cm³/mol. The highest BCUT2D eigenvalue weighted by atomic mass is 19.2. The summed E-state index contributed by atoms with van der Waals surface area (Å²) >= 11 is 0. The average Bonchev–Trinajstić information content (AvgIpc) is 2.36. The van der Waals surface area contributed by atoms with Gasteiger partial charge in [-0.15, -0.1) is 0 Å². The summed E-state index contributed by atoms with van der Waals surface area (Å²) in [5.41, 5.74) is 0.164. The van der Waals surface area contributed by atoms with Gasteiger partial charge in [-0.3, -0.25) is 4.98 Å². The lowest BCUT2D eigenvalue weighted by Crippen LogP contribution is -1.99. The minimum atomic E-state index is -1.27. The van der Waals surface area contributed by atoms with E-state index in [4.69, 9.17) is 5.26 Å². The van der Waals surface area contributed by atoms with Crippen LogP contribution in [0.2, 0.25) is 0 Å². The summed E-state index contributed by atoms with van der Waals surface area (Å²) < 4.78 is 39.1. The fraction of sp³-hybridized carbons (Fsp3) is 0. The Bertz CT molecular complexity index is 635. The highest BCUT2D eigenvalue weighted by Crippen LogP contribution is 2.24. The Morgan fingerprint density at radius 2 is 1.78 bits per heavy atom. The maximum atomic E-state index is 13.4. The van der Waals surface area contributed by atoms with Crippen molar-refractivity contribution in [3.63, 3.8) is 0 Å². The first-order chi connectivity index (χ1) is 8.61. The van der Waals surface area contributed by atoms with Crippen molar-refractivity contribution in [1.82, 2.24) is 4.98 Å². The van der Waals surface area contributed by atoms with Gasteiger partial charge in [-0.1, -0.05) is 0 Å². The molecule has 6 heteroatoms. The van der Waals surface area contributed by atoms with Gasteiger partial charge < -0.3 is 5.32 Å². The molecule has 0 bridgehead atoms. The maximum absolute atomic E-state index is 13.4. The van der Waals surface area contributed by atoms with E-state index in [1.54, 1.807) is 0 Å². The molecule has 0 atom stereocenters. The maximum Gasteiger partial charge on any atom is 0.161 e. The van der Waals surface area contributed by atoms with E-state index in [0.717, 1.165) is 0 Å². The normalized spacial score (nSPS) is 9.89. The van der Waals surface area contributed by atoms with Crippen LogP contribution in [-0.4, -0.2) is 4.98 Å². The van der Waals surface area contributed by atoms with Gasteiger partial charge in [0.25, 0.3) is 0 Å². The standard InChI is InChI=1S/C12H6F3N3/c13-8-3-10(15)11(4-9(8)14)18-12-6-17-2-1-7(12)5-16/h1-4,6,18H. The molecular weight excluding hydrogens is 243 g/mol. The average molecular weight is 249 g/mol. The van der Waals surface area contributed by atoms with Crippen molar-refractivity contribution in [2.45, 2.75) is 0 Å². The number of hydrogen-bond donors (Lipinski definition) is 1. The van der Waals surface area contributed by atoms with Gasteiger partial charge in [0, 0.05) is 18.3 Å². The molecule has 0 saturated heterocycles. The van der Waals surface area contributed by atoms with Gasteiger partial charge in [-0.05, 0) is 6.07 Å². The topological polar surface area (TPSA) is 48.7 Å². The molecule has 1 aromatic heterocycles. The number of halogens is 3. The minimum absolute atomic E-state index is 0.213. The zero-order valence-electron chi connectivity index (χ0n) is 8.92. The summed E-state index contributed by atoms with van der Waals surface area (Å²) in [6, 6.07) is 4.40.